The van der Waals surface area contributed by atoms with Gasteiger partial charge in [-0.05, 0) is 44.2 Å². The van der Waals surface area contributed by atoms with Crippen molar-refractivity contribution in [3.8, 4) is 0 Å². The highest BCUT2D eigenvalue weighted by atomic mass is 16.3. The summed E-state index contributed by atoms with van der Waals surface area (Å²) in [6.45, 7) is 1.97. The van der Waals surface area contributed by atoms with Crippen molar-refractivity contribution >= 4 is 5.82 Å². The molecule has 4 nitrogen and oxygen atoms in total. The summed E-state index contributed by atoms with van der Waals surface area (Å²) in [6, 6.07) is 5.10. The Morgan fingerprint density at radius 2 is 2.00 bits per heavy atom. The largest absolute Gasteiger partial charge is 0.393 e. The third-order valence-electron chi connectivity index (χ3n) is 4.27. The monoisotopic (exact) mass is 247 g/mol. The minimum Gasteiger partial charge on any atom is -0.393 e. The van der Waals surface area contributed by atoms with Crippen LogP contribution < -0.4 is 10.6 Å². The molecular formula is C14H21N3O. The predicted molar refractivity (Wildman–Crippen MR) is 71.4 cm³/mol. The quantitative estimate of drug-likeness (QED) is 0.833. The molecular weight excluding hydrogens is 226 g/mol. The number of aliphatic hydroxyl groups is 1. The Kier molecular flexibility index (Phi) is 2.99. The summed E-state index contributed by atoms with van der Waals surface area (Å²) in [7, 11) is 0. The topological polar surface area (TPSA) is 62.4 Å². The molecule has 3 atom stereocenters. The van der Waals surface area contributed by atoms with Crippen LogP contribution in [0.25, 0.3) is 0 Å². The van der Waals surface area contributed by atoms with Crippen LogP contribution in [0.15, 0.2) is 18.3 Å². The maximum Gasteiger partial charge on any atom is 0.128 e. The lowest BCUT2D eigenvalue weighted by atomic mass is 10.00. The van der Waals surface area contributed by atoms with Crippen molar-refractivity contribution in [2.45, 2.75) is 56.8 Å². The molecule has 2 aliphatic heterocycles. The molecule has 2 aliphatic rings. The van der Waals surface area contributed by atoms with E-state index in [1.807, 2.05) is 13.1 Å². The van der Waals surface area contributed by atoms with Gasteiger partial charge in [-0.1, -0.05) is 6.07 Å². The molecule has 3 unspecified atom stereocenters. The second-order valence-electron chi connectivity index (χ2n) is 5.66. The highest BCUT2D eigenvalue weighted by Crippen LogP contribution is 2.38. The maximum absolute atomic E-state index is 9.81. The minimum absolute atomic E-state index is 0.0337. The van der Waals surface area contributed by atoms with E-state index in [9.17, 15) is 5.11 Å². The van der Waals surface area contributed by atoms with Crippen molar-refractivity contribution in [1.29, 1.82) is 0 Å². The number of nitrogens with two attached hydrogens (primary N) is 1. The number of fused-ring (bicyclic) bond motifs is 2. The summed E-state index contributed by atoms with van der Waals surface area (Å²) >= 11 is 0. The van der Waals surface area contributed by atoms with E-state index >= 15 is 0 Å². The summed E-state index contributed by atoms with van der Waals surface area (Å²) in [5.41, 5.74) is 6.91. The summed E-state index contributed by atoms with van der Waals surface area (Å²) in [4.78, 5) is 6.95. The van der Waals surface area contributed by atoms with Crippen molar-refractivity contribution in [2.75, 3.05) is 4.90 Å². The van der Waals surface area contributed by atoms with Crippen molar-refractivity contribution in [1.82, 2.24) is 4.98 Å². The molecule has 0 saturated carbocycles. The Bertz CT molecular complexity index is 404. The van der Waals surface area contributed by atoms with Crippen molar-refractivity contribution in [3.05, 3.63) is 23.9 Å². The van der Waals surface area contributed by atoms with E-state index in [4.69, 9.17) is 5.73 Å². The number of nitrogens with zero attached hydrogens (tertiary/aromatic N) is 2. The van der Waals surface area contributed by atoms with Gasteiger partial charge in [0.1, 0.15) is 5.82 Å². The van der Waals surface area contributed by atoms with Crippen LogP contribution in [0.1, 0.15) is 44.2 Å². The fourth-order valence-corrected chi connectivity index (χ4v) is 3.34. The molecule has 1 aromatic heterocycles. The molecule has 2 fully saturated rings. The zero-order chi connectivity index (χ0) is 12.7. The molecule has 4 heteroatoms. The Morgan fingerprint density at radius 3 is 2.50 bits per heavy atom. The molecule has 2 saturated heterocycles. The molecule has 0 spiro atoms. The highest BCUT2D eigenvalue weighted by Gasteiger charge is 2.40. The first-order valence-electron chi connectivity index (χ1n) is 6.83. The number of piperidine rings is 1. The fourth-order valence-electron chi connectivity index (χ4n) is 3.34. The number of rotatable bonds is 2. The number of anilines is 1. The normalized spacial score (nSPS) is 32.6. The second kappa shape index (κ2) is 4.52. The van der Waals surface area contributed by atoms with Gasteiger partial charge in [0.05, 0.1) is 6.10 Å². The van der Waals surface area contributed by atoms with Crippen LogP contribution in [0, 0.1) is 0 Å². The van der Waals surface area contributed by atoms with Crippen LogP contribution >= 0.6 is 0 Å². The first kappa shape index (κ1) is 11.9. The lowest BCUT2D eigenvalue weighted by Crippen LogP contribution is -2.45. The van der Waals surface area contributed by atoms with E-state index in [-0.39, 0.29) is 12.1 Å². The Balaban J connectivity index is 1.83. The number of aromatic nitrogens is 1. The number of aliphatic hydroxyl groups excluding tert-OH is 1. The van der Waals surface area contributed by atoms with Gasteiger partial charge in [0, 0.05) is 24.3 Å². The van der Waals surface area contributed by atoms with Crippen molar-refractivity contribution in [2.24, 2.45) is 5.73 Å². The minimum atomic E-state index is -0.123. The highest BCUT2D eigenvalue weighted by molar-refractivity contribution is 5.44. The summed E-state index contributed by atoms with van der Waals surface area (Å²) in [5.74, 6) is 1.04. The summed E-state index contributed by atoms with van der Waals surface area (Å²) in [6.07, 6.45) is 5.88. The zero-order valence-electron chi connectivity index (χ0n) is 10.8. The zero-order valence-corrected chi connectivity index (χ0v) is 10.8. The summed E-state index contributed by atoms with van der Waals surface area (Å²) in [5, 5.41) is 9.81. The number of hydrogen-bond acceptors (Lipinski definition) is 4. The number of pyridine rings is 1. The van der Waals surface area contributed by atoms with Gasteiger partial charge >= 0.3 is 0 Å². The second-order valence-corrected chi connectivity index (χ2v) is 5.66. The third kappa shape index (κ3) is 1.99. The molecule has 18 heavy (non-hydrogen) atoms. The average molecular weight is 247 g/mol. The van der Waals surface area contributed by atoms with Gasteiger partial charge in [0.15, 0.2) is 0 Å². The van der Waals surface area contributed by atoms with Gasteiger partial charge in [-0.2, -0.15) is 0 Å². The third-order valence-corrected chi connectivity index (χ3v) is 4.27. The van der Waals surface area contributed by atoms with Crippen LogP contribution in [-0.4, -0.2) is 28.3 Å². The van der Waals surface area contributed by atoms with Crippen molar-refractivity contribution < 1.29 is 5.11 Å². The Morgan fingerprint density at radius 1 is 1.33 bits per heavy atom. The van der Waals surface area contributed by atoms with E-state index in [2.05, 4.69) is 22.0 Å². The Hall–Kier alpha value is -1.13. The Labute approximate surface area is 108 Å². The molecule has 0 aliphatic carbocycles. The van der Waals surface area contributed by atoms with E-state index in [0.717, 1.165) is 24.2 Å². The van der Waals surface area contributed by atoms with Gasteiger partial charge in [0.2, 0.25) is 0 Å². The van der Waals surface area contributed by atoms with Gasteiger partial charge in [-0.25, -0.2) is 4.98 Å². The molecule has 3 heterocycles. The van der Waals surface area contributed by atoms with E-state index < -0.39 is 0 Å². The molecule has 98 valence electrons. The van der Waals surface area contributed by atoms with Gasteiger partial charge in [-0.15, -0.1) is 0 Å². The SMILES string of the molecule is CC(N)c1ccc(N2C3CCC2CC(O)C3)nc1. The molecule has 0 aromatic carbocycles. The molecule has 3 N–H and O–H groups in total. The molecule has 1 aromatic rings. The van der Waals surface area contributed by atoms with E-state index in [1.165, 1.54) is 12.8 Å². The van der Waals surface area contributed by atoms with Gasteiger partial charge in [0.25, 0.3) is 0 Å². The predicted octanol–water partition coefficient (Wildman–Crippen LogP) is 1.59. The fraction of sp³-hybridized carbons (Fsp3) is 0.643. The first-order chi connectivity index (χ1) is 8.65. The maximum atomic E-state index is 9.81. The van der Waals surface area contributed by atoms with E-state index in [1.54, 1.807) is 0 Å². The van der Waals surface area contributed by atoms with Crippen LogP contribution in [-0.2, 0) is 0 Å². The number of hydrogen-bond donors (Lipinski definition) is 2. The molecule has 0 radical (unpaired) electrons. The van der Waals surface area contributed by atoms with Crippen molar-refractivity contribution in [3.63, 3.8) is 0 Å². The molecule has 0 amide bonds. The van der Waals surface area contributed by atoms with Crippen LogP contribution in [0.5, 0.6) is 0 Å². The van der Waals surface area contributed by atoms with Crippen LogP contribution in [0.3, 0.4) is 0 Å². The van der Waals surface area contributed by atoms with Crippen LogP contribution in [0.2, 0.25) is 0 Å². The lowest BCUT2D eigenvalue weighted by Gasteiger charge is -2.38. The molecule has 2 bridgehead atoms. The standard InChI is InChI=1S/C14H21N3O/c1-9(15)10-2-5-14(16-8-10)17-11-3-4-12(17)7-13(18)6-11/h2,5,8-9,11-13,18H,3-4,6-7,15H2,1H3. The lowest BCUT2D eigenvalue weighted by molar-refractivity contribution is 0.126. The first-order valence-corrected chi connectivity index (χ1v) is 6.83. The summed E-state index contributed by atoms with van der Waals surface area (Å²) < 4.78 is 0. The average Bonchev–Trinajstić information content (AvgIpc) is 2.62. The van der Waals surface area contributed by atoms with E-state index in [0.29, 0.717) is 12.1 Å². The van der Waals surface area contributed by atoms with Gasteiger partial charge < -0.3 is 15.7 Å². The smallest absolute Gasteiger partial charge is 0.128 e. The molecule has 3 rings (SSSR count). The van der Waals surface area contributed by atoms with Crippen LogP contribution in [0.4, 0.5) is 5.82 Å². The van der Waals surface area contributed by atoms with Gasteiger partial charge in [-0.3, -0.25) is 0 Å².